The van der Waals surface area contributed by atoms with Gasteiger partial charge in [0, 0.05) is 23.7 Å². The Labute approximate surface area is 217 Å². The molecule has 0 aromatic heterocycles. The fraction of sp³-hybridized carbons (Fsp3) is 0.483. The van der Waals surface area contributed by atoms with Crippen molar-refractivity contribution in [2.24, 2.45) is 11.8 Å². The number of fused-ring (bicyclic) bond motifs is 2. The van der Waals surface area contributed by atoms with Crippen molar-refractivity contribution < 1.29 is 19.5 Å². The number of aliphatic hydroxyl groups is 1. The van der Waals surface area contributed by atoms with Gasteiger partial charge in [0.2, 0.25) is 0 Å². The van der Waals surface area contributed by atoms with E-state index in [4.69, 9.17) is 0 Å². The number of aliphatic hydroxyl groups excluding tert-OH is 1. The van der Waals surface area contributed by atoms with Crippen LogP contribution in [0.15, 0.2) is 59.5 Å². The van der Waals surface area contributed by atoms with Gasteiger partial charge >= 0.3 is 0 Å². The molecular formula is C29H34N2O4S. The van der Waals surface area contributed by atoms with Crippen LogP contribution >= 0.6 is 11.8 Å². The molecule has 2 fully saturated rings. The van der Waals surface area contributed by atoms with Crippen molar-refractivity contribution in [3.05, 3.63) is 65.7 Å². The van der Waals surface area contributed by atoms with Crippen molar-refractivity contribution in [3.8, 4) is 0 Å². The zero-order valence-corrected chi connectivity index (χ0v) is 21.5. The van der Waals surface area contributed by atoms with Crippen LogP contribution in [0, 0.1) is 11.8 Å². The largest absolute Gasteiger partial charge is 0.390 e. The first-order chi connectivity index (χ1) is 17.4. The van der Waals surface area contributed by atoms with Gasteiger partial charge in [0.15, 0.2) is 0 Å². The molecule has 2 aliphatic heterocycles. The van der Waals surface area contributed by atoms with E-state index >= 15 is 0 Å². The van der Waals surface area contributed by atoms with Gasteiger partial charge in [-0.3, -0.25) is 24.2 Å². The van der Waals surface area contributed by atoms with Gasteiger partial charge in [-0.15, -0.1) is 11.8 Å². The molecule has 1 aliphatic carbocycles. The van der Waals surface area contributed by atoms with Gasteiger partial charge in [0.25, 0.3) is 11.8 Å². The number of amides is 2. The van der Waals surface area contributed by atoms with Crippen molar-refractivity contribution in [1.82, 2.24) is 9.80 Å². The fourth-order valence-corrected chi connectivity index (χ4v) is 7.34. The highest BCUT2D eigenvalue weighted by atomic mass is 32.2. The van der Waals surface area contributed by atoms with Crippen molar-refractivity contribution in [3.63, 3.8) is 0 Å². The lowest BCUT2D eigenvalue weighted by molar-refractivity contribution is -0.126. The summed E-state index contributed by atoms with van der Waals surface area (Å²) in [4.78, 5) is 43.7. The van der Waals surface area contributed by atoms with E-state index in [1.807, 2.05) is 30.3 Å². The molecule has 36 heavy (non-hydrogen) atoms. The molecule has 0 radical (unpaired) electrons. The van der Waals surface area contributed by atoms with E-state index in [1.54, 1.807) is 31.2 Å². The second-order valence-corrected chi connectivity index (χ2v) is 11.5. The number of nitrogens with zero attached hydrogens (tertiary/aromatic N) is 2. The molecule has 190 valence electrons. The lowest BCUT2D eigenvalue weighted by atomic mass is 9.72. The number of likely N-dealkylation sites (tertiary alicyclic amines) is 1. The molecular weight excluding hydrogens is 472 g/mol. The molecule has 6 nitrogen and oxygen atoms in total. The number of carbonyl (C=O) groups excluding carboxylic acids is 3. The summed E-state index contributed by atoms with van der Waals surface area (Å²) in [5.41, 5.74) is 0.767. The number of rotatable bonds is 8. The lowest BCUT2D eigenvalue weighted by Crippen LogP contribution is -2.57. The smallest absolute Gasteiger partial charge is 0.261 e. The van der Waals surface area contributed by atoms with E-state index in [0.29, 0.717) is 28.7 Å². The number of carbonyl (C=O) groups is 3. The summed E-state index contributed by atoms with van der Waals surface area (Å²) in [5.74, 6) is 0.896. The first-order valence-electron chi connectivity index (χ1n) is 13.0. The average molecular weight is 507 g/mol. The standard InChI is InChI=1S/C29H34N2O4S/c1-19(32)25-15-20-9-5-6-10-21(20)16-30(25)17-27(33)26(18-36-22-11-3-2-4-12-22)31-28(34)23-13-7-8-14-24(23)29(31)35/h2-4,7-8,11-14,20-21,25-27,33H,5-6,9-10,15-18H2,1H3/t20?,21?,25-,26-,27?/m0/s1. The van der Waals surface area contributed by atoms with Gasteiger partial charge in [-0.2, -0.15) is 0 Å². The van der Waals surface area contributed by atoms with E-state index < -0.39 is 12.1 Å². The normalized spacial score (nSPS) is 25.8. The van der Waals surface area contributed by atoms with E-state index in [1.165, 1.54) is 35.9 Å². The number of imide groups is 1. The number of hydrogen-bond acceptors (Lipinski definition) is 6. The van der Waals surface area contributed by atoms with Crippen LogP contribution in [0.4, 0.5) is 0 Å². The van der Waals surface area contributed by atoms with Crippen molar-refractivity contribution in [2.75, 3.05) is 18.8 Å². The highest BCUT2D eigenvalue weighted by Gasteiger charge is 2.45. The van der Waals surface area contributed by atoms with Crippen LogP contribution in [0.1, 0.15) is 59.7 Å². The molecule has 2 aromatic rings. The minimum Gasteiger partial charge on any atom is -0.390 e. The Balaban J connectivity index is 1.39. The van der Waals surface area contributed by atoms with Crippen molar-refractivity contribution in [2.45, 2.75) is 62.1 Å². The molecule has 2 heterocycles. The molecule has 3 unspecified atom stereocenters. The molecule has 2 aromatic carbocycles. The molecule has 0 bridgehead atoms. The van der Waals surface area contributed by atoms with Crippen molar-refractivity contribution >= 4 is 29.4 Å². The minimum absolute atomic E-state index is 0.127. The fourth-order valence-electron chi connectivity index (χ4n) is 6.25. The van der Waals surface area contributed by atoms with Crippen LogP contribution in [0.5, 0.6) is 0 Å². The highest BCUT2D eigenvalue weighted by molar-refractivity contribution is 7.99. The number of thioether (sulfide) groups is 1. The lowest BCUT2D eigenvalue weighted by Gasteiger charge is -2.46. The highest BCUT2D eigenvalue weighted by Crippen LogP contribution is 2.39. The van der Waals surface area contributed by atoms with Crippen LogP contribution in [0.25, 0.3) is 0 Å². The first kappa shape index (κ1) is 25.2. The van der Waals surface area contributed by atoms with Crippen LogP contribution in [0.2, 0.25) is 0 Å². The molecule has 5 atom stereocenters. The molecule has 1 saturated carbocycles. The zero-order chi connectivity index (χ0) is 25.2. The molecule has 2 amide bonds. The minimum atomic E-state index is -0.967. The predicted molar refractivity (Wildman–Crippen MR) is 140 cm³/mol. The number of β-amino-alcohol motifs (C(OH)–C–C–N with tert-alkyl or cyclic N) is 1. The van der Waals surface area contributed by atoms with Gasteiger partial charge in [0.05, 0.1) is 29.3 Å². The Hall–Kier alpha value is -2.48. The molecule has 1 saturated heterocycles. The monoisotopic (exact) mass is 506 g/mol. The third-order valence-electron chi connectivity index (χ3n) is 8.16. The summed E-state index contributed by atoms with van der Waals surface area (Å²) < 4.78 is 0. The van der Waals surface area contributed by atoms with Gasteiger partial charge in [-0.1, -0.05) is 49.6 Å². The summed E-state index contributed by atoms with van der Waals surface area (Å²) in [6.07, 6.45) is 4.65. The first-order valence-corrected chi connectivity index (χ1v) is 14.0. The molecule has 1 N–H and O–H groups in total. The van der Waals surface area contributed by atoms with E-state index in [0.717, 1.165) is 24.3 Å². The molecule has 0 spiro atoms. The average Bonchev–Trinajstić information content (AvgIpc) is 3.14. The van der Waals surface area contributed by atoms with Crippen LogP contribution in [0.3, 0.4) is 0 Å². The predicted octanol–water partition coefficient (Wildman–Crippen LogP) is 4.27. The van der Waals surface area contributed by atoms with Gasteiger partial charge in [0.1, 0.15) is 5.78 Å². The zero-order valence-electron chi connectivity index (χ0n) is 20.7. The van der Waals surface area contributed by atoms with Crippen LogP contribution in [-0.4, -0.2) is 69.5 Å². The maximum Gasteiger partial charge on any atom is 0.261 e. The third-order valence-corrected chi connectivity index (χ3v) is 9.27. The number of benzene rings is 2. The number of ketones is 1. The Bertz CT molecular complexity index is 1090. The summed E-state index contributed by atoms with van der Waals surface area (Å²) in [6.45, 7) is 2.69. The number of piperidine rings is 1. The third kappa shape index (κ3) is 5.01. The maximum absolute atomic E-state index is 13.3. The topological polar surface area (TPSA) is 77.9 Å². The van der Waals surface area contributed by atoms with E-state index in [2.05, 4.69) is 4.90 Å². The van der Waals surface area contributed by atoms with Gasteiger partial charge in [-0.25, -0.2) is 0 Å². The summed E-state index contributed by atoms with van der Waals surface area (Å²) >= 11 is 1.52. The van der Waals surface area contributed by atoms with Gasteiger partial charge in [-0.05, 0) is 55.9 Å². The summed E-state index contributed by atoms with van der Waals surface area (Å²) in [6, 6.07) is 15.7. The Morgan fingerprint density at radius 2 is 1.58 bits per heavy atom. The second kappa shape index (κ2) is 10.9. The Morgan fingerprint density at radius 3 is 2.22 bits per heavy atom. The SMILES string of the molecule is CC(=O)[C@@H]1CC2CCCCC2CN1CC(O)[C@H](CSc1ccccc1)N1C(=O)c2ccccc2C1=O. The molecule has 7 heteroatoms. The quantitative estimate of drug-likeness (QED) is 0.426. The molecule has 5 rings (SSSR count). The summed E-state index contributed by atoms with van der Waals surface area (Å²) in [5, 5.41) is 11.6. The van der Waals surface area contributed by atoms with E-state index in [-0.39, 0.29) is 30.2 Å². The Kier molecular flexibility index (Phi) is 7.60. The van der Waals surface area contributed by atoms with Crippen LogP contribution in [-0.2, 0) is 4.79 Å². The second-order valence-electron chi connectivity index (χ2n) is 10.4. The van der Waals surface area contributed by atoms with Crippen LogP contribution < -0.4 is 0 Å². The maximum atomic E-state index is 13.3. The number of Topliss-reactive ketones (excluding diaryl/α,β-unsaturated/α-hetero) is 1. The summed E-state index contributed by atoms with van der Waals surface area (Å²) in [7, 11) is 0. The van der Waals surface area contributed by atoms with Gasteiger partial charge < -0.3 is 5.11 Å². The Morgan fingerprint density at radius 1 is 0.972 bits per heavy atom. The van der Waals surface area contributed by atoms with E-state index in [9.17, 15) is 19.5 Å². The number of hydrogen-bond donors (Lipinski definition) is 1. The van der Waals surface area contributed by atoms with Crippen molar-refractivity contribution in [1.29, 1.82) is 0 Å². The molecule has 3 aliphatic rings.